The number of amides is 1. The molecule has 0 atom stereocenters. The van der Waals surface area contributed by atoms with Crippen molar-refractivity contribution in [3.05, 3.63) is 58.6 Å². The molecular formula is C19H16BrN3O3. The van der Waals surface area contributed by atoms with Gasteiger partial charge in [0.1, 0.15) is 0 Å². The van der Waals surface area contributed by atoms with Crippen LogP contribution >= 0.6 is 15.9 Å². The van der Waals surface area contributed by atoms with E-state index in [1.54, 1.807) is 17.0 Å². The van der Waals surface area contributed by atoms with E-state index in [2.05, 4.69) is 26.1 Å². The van der Waals surface area contributed by atoms with Gasteiger partial charge in [-0.1, -0.05) is 33.2 Å². The third-order valence-electron chi connectivity index (χ3n) is 4.18. The zero-order chi connectivity index (χ0) is 17.9. The van der Waals surface area contributed by atoms with Gasteiger partial charge in [-0.25, -0.2) is 0 Å². The summed E-state index contributed by atoms with van der Waals surface area (Å²) < 4.78 is 11.7. The standard InChI is InChI=1S/C19H16BrN3O3/c20-16-6-4-13(5-7-16)18-21-17(22-26-18)14-2-1-3-15(12-14)19(24)23-8-10-25-11-9-23/h1-7,12H,8-11H2. The second-order valence-corrected chi connectivity index (χ2v) is 6.83. The van der Waals surface area contributed by atoms with E-state index in [1.807, 2.05) is 36.4 Å². The molecule has 1 aromatic heterocycles. The molecule has 0 saturated carbocycles. The van der Waals surface area contributed by atoms with Gasteiger partial charge in [0.05, 0.1) is 13.2 Å². The molecule has 1 fully saturated rings. The van der Waals surface area contributed by atoms with E-state index >= 15 is 0 Å². The van der Waals surface area contributed by atoms with Crippen LogP contribution < -0.4 is 0 Å². The average Bonchev–Trinajstić information content (AvgIpc) is 3.19. The molecule has 0 aliphatic carbocycles. The Bertz CT molecular complexity index is 918. The Balaban J connectivity index is 1.58. The second kappa shape index (κ2) is 7.39. The molecule has 2 aromatic carbocycles. The maximum Gasteiger partial charge on any atom is 0.258 e. The van der Waals surface area contributed by atoms with Crippen LogP contribution in [0.5, 0.6) is 0 Å². The minimum atomic E-state index is -0.00761. The van der Waals surface area contributed by atoms with Crippen LogP contribution in [-0.2, 0) is 4.74 Å². The monoisotopic (exact) mass is 413 g/mol. The van der Waals surface area contributed by atoms with Crippen LogP contribution in [0.4, 0.5) is 0 Å². The van der Waals surface area contributed by atoms with E-state index in [4.69, 9.17) is 9.26 Å². The molecule has 132 valence electrons. The first-order chi connectivity index (χ1) is 12.7. The number of carbonyl (C=O) groups excluding carboxylic acids is 1. The number of benzene rings is 2. The Hall–Kier alpha value is -2.51. The van der Waals surface area contributed by atoms with Crippen molar-refractivity contribution in [2.75, 3.05) is 26.3 Å². The van der Waals surface area contributed by atoms with Crippen LogP contribution in [0.15, 0.2) is 57.5 Å². The van der Waals surface area contributed by atoms with Crippen molar-refractivity contribution in [3.8, 4) is 22.8 Å². The van der Waals surface area contributed by atoms with E-state index in [-0.39, 0.29) is 5.91 Å². The number of rotatable bonds is 3. The number of ether oxygens (including phenoxy) is 1. The number of hydrogen-bond acceptors (Lipinski definition) is 5. The van der Waals surface area contributed by atoms with Crippen molar-refractivity contribution < 1.29 is 14.1 Å². The number of halogens is 1. The quantitative estimate of drug-likeness (QED) is 0.655. The van der Waals surface area contributed by atoms with Gasteiger partial charge in [-0.15, -0.1) is 0 Å². The first-order valence-corrected chi connectivity index (χ1v) is 9.07. The van der Waals surface area contributed by atoms with E-state index in [0.717, 1.165) is 15.6 Å². The molecule has 1 saturated heterocycles. The predicted octanol–water partition coefficient (Wildman–Crippen LogP) is 3.64. The lowest BCUT2D eigenvalue weighted by Crippen LogP contribution is -2.40. The summed E-state index contributed by atoms with van der Waals surface area (Å²) in [6.07, 6.45) is 0. The van der Waals surface area contributed by atoms with Crippen LogP contribution in [0.25, 0.3) is 22.8 Å². The fourth-order valence-electron chi connectivity index (χ4n) is 2.79. The lowest BCUT2D eigenvalue weighted by Gasteiger charge is -2.26. The predicted molar refractivity (Wildman–Crippen MR) is 99.6 cm³/mol. The topological polar surface area (TPSA) is 68.5 Å². The molecule has 3 aromatic rings. The minimum Gasteiger partial charge on any atom is -0.378 e. The molecule has 0 bridgehead atoms. The average molecular weight is 414 g/mol. The molecule has 0 spiro atoms. The highest BCUT2D eigenvalue weighted by Gasteiger charge is 2.19. The molecule has 4 rings (SSSR count). The lowest BCUT2D eigenvalue weighted by atomic mass is 10.1. The Morgan fingerprint density at radius 3 is 2.58 bits per heavy atom. The van der Waals surface area contributed by atoms with Crippen LogP contribution in [0.3, 0.4) is 0 Å². The Kier molecular flexibility index (Phi) is 4.81. The smallest absolute Gasteiger partial charge is 0.258 e. The molecule has 6 nitrogen and oxygen atoms in total. The van der Waals surface area contributed by atoms with Crippen LogP contribution in [-0.4, -0.2) is 47.3 Å². The number of morpholine rings is 1. The molecule has 0 N–H and O–H groups in total. The van der Waals surface area contributed by atoms with Crippen molar-refractivity contribution in [3.63, 3.8) is 0 Å². The lowest BCUT2D eigenvalue weighted by molar-refractivity contribution is 0.0303. The maximum absolute atomic E-state index is 12.6. The summed E-state index contributed by atoms with van der Waals surface area (Å²) in [6, 6.07) is 14.9. The molecule has 1 aliphatic rings. The number of hydrogen-bond donors (Lipinski definition) is 0. The van der Waals surface area contributed by atoms with Gasteiger partial charge < -0.3 is 14.2 Å². The first kappa shape index (κ1) is 16.9. The number of aromatic nitrogens is 2. The zero-order valence-electron chi connectivity index (χ0n) is 13.9. The maximum atomic E-state index is 12.6. The zero-order valence-corrected chi connectivity index (χ0v) is 15.5. The summed E-state index contributed by atoms with van der Waals surface area (Å²) in [5.41, 5.74) is 2.20. The summed E-state index contributed by atoms with van der Waals surface area (Å²) in [5.74, 6) is 0.892. The van der Waals surface area contributed by atoms with E-state index in [9.17, 15) is 4.79 Å². The van der Waals surface area contributed by atoms with Gasteiger partial charge in [-0.2, -0.15) is 4.98 Å². The third kappa shape index (κ3) is 3.54. The van der Waals surface area contributed by atoms with Crippen LogP contribution in [0, 0.1) is 0 Å². The summed E-state index contributed by atoms with van der Waals surface area (Å²) in [7, 11) is 0. The molecule has 0 radical (unpaired) electrons. The molecule has 1 aliphatic heterocycles. The van der Waals surface area contributed by atoms with E-state index in [1.165, 1.54) is 0 Å². The summed E-state index contributed by atoms with van der Waals surface area (Å²) in [4.78, 5) is 18.9. The van der Waals surface area contributed by atoms with Crippen LogP contribution in [0.2, 0.25) is 0 Å². The van der Waals surface area contributed by atoms with Gasteiger partial charge in [0, 0.05) is 34.3 Å². The van der Waals surface area contributed by atoms with E-state index < -0.39 is 0 Å². The molecule has 7 heteroatoms. The fraction of sp³-hybridized carbons (Fsp3) is 0.211. The van der Waals surface area contributed by atoms with Crippen molar-refractivity contribution >= 4 is 21.8 Å². The third-order valence-corrected chi connectivity index (χ3v) is 4.71. The Morgan fingerprint density at radius 2 is 1.81 bits per heavy atom. The molecule has 1 amide bonds. The van der Waals surface area contributed by atoms with Crippen LogP contribution in [0.1, 0.15) is 10.4 Å². The Morgan fingerprint density at radius 1 is 1.04 bits per heavy atom. The van der Waals surface area contributed by atoms with Crippen molar-refractivity contribution in [2.24, 2.45) is 0 Å². The number of carbonyl (C=O) groups is 1. The van der Waals surface area contributed by atoms with Gasteiger partial charge in [0.15, 0.2) is 0 Å². The van der Waals surface area contributed by atoms with Gasteiger partial charge in [0.25, 0.3) is 11.8 Å². The molecule has 2 heterocycles. The van der Waals surface area contributed by atoms with Crippen molar-refractivity contribution in [1.29, 1.82) is 0 Å². The van der Waals surface area contributed by atoms with Gasteiger partial charge in [-0.3, -0.25) is 4.79 Å². The molecule has 0 unspecified atom stereocenters. The highest BCUT2D eigenvalue weighted by Crippen LogP contribution is 2.24. The summed E-state index contributed by atoms with van der Waals surface area (Å²) in [5, 5.41) is 4.06. The normalized spacial score (nSPS) is 14.4. The van der Waals surface area contributed by atoms with Crippen molar-refractivity contribution in [1.82, 2.24) is 15.0 Å². The SMILES string of the molecule is O=C(c1cccc(-c2noc(-c3ccc(Br)cc3)n2)c1)N1CCOCC1. The summed E-state index contributed by atoms with van der Waals surface area (Å²) >= 11 is 3.40. The van der Waals surface area contributed by atoms with Crippen molar-refractivity contribution in [2.45, 2.75) is 0 Å². The largest absolute Gasteiger partial charge is 0.378 e. The van der Waals surface area contributed by atoms with Gasteiger partial charge in [0.2, 0.25) is 5.82 Å². The number of nitrogens with zero attached hydrogens (tertiary/aromatic N) is 3. The highest BCUT2D eigenvalue weighted by molar-refractivity contribution is 9.10. The minimum absolute atomic E-state index is 0.00761. The fourth-order valence-corrected chi connectivity index (χ4v) is 3.06. The Labute approximate surface area is 158 Å². The van der Waals surface area contributed by atoms with E-state index in [0.29, 0.717) is 43.6 Å². The van der Waals surface area contributed by atoms with Gasteiger partial charge in [-0.05, 0) is 36.4 Å². The van der Waals surface area contributed by atoms with Gasteiger partial charge >= 0.3 is 0 Å². The molecule has 26 heavy (non-hydrogen) atoms. The summed E-state index contributed by atoms with van der Waals surface area (Å²) in [6.45, 7) is 2.37. The highest BCUT2D eigenvalue weighted by atomic mass is 79.9. The molecular weight excluding hydrogens is 398 g/mol. The first-order valence-electron chi connectivity index (χ1n) is 8.28. The second-order valence-electron chi connectivity index (χ2n) is 5.92.